The van der Waals surface area contributed by atoms with Gasteiger partial charge in [0.25, 0.3) is 0 Å². The van der Waals surface area contributed by atoms with Gasteiger partial charge in [0.2, 0.25) is 0 Å². The van der Waals surface area contributed by atoms with E-state index in [-0.39, 0.29) is 0 Å². The highest BCUT2D eigenvalue weighted by molar-refractivity contribution is 5.87. The zero-order valence-electron chi connectivity index (χ0n) is 11.8. The predicted molar refractivity (Wildman–Crippen MR) is 81.5 cm³/mol. The van der Waals surface area contributed by atoms with E-state index in [9.17, 15) is 4.79 Å². The number of fused-ring (bicyclic) bond motifs is 1. The second-order valence-electron chi connectivity index (χ2n) is 4.89. The summed E-state index contributed by atoms with van der Waals surface area (Å²) in [6.07, 6.45) is 1.20. The number of amides is 1. The van der Waals surface area contributed by atoms with E-state index in [0.717, 1.165) is 16.6 Å². The molecule has 1 N–H and O–H groups in total. The lowest BCUT2D eigenvalue weighted by atomic mass is 10.2. The molecule has 0 unspecified atom stereocenters. The Morgan fingerprint density at radius 1 is 1.19 bits per heavy atom. The van der Waals surface area contributed by atoms with Crippen LogP contribution in [0.2, 0.25) is 0 Å². The summed E-state index contributed by atoms with van der Waals surface area (Å²) in [7, 11) is 1.92. The van der Waals surface area contributed by atoms with Crippen molar-refractivity contribution in [2.24, 2.45) is 7.05 Å². The fraction of sp³-hybridized carbons (Fsp3) is 0.125. The Morgan fingerprint density at radius 3 is 2.71 bits per heavy atom. The van der Waals surface area contributed by atoms with Crippen LogP contribution in [0.3, 0.4) is 0 Å². The molecule has 5 heteroatoms. The SMILES string of the molecule is Cc1ccc(NC(=O)Oc2ccc3c(c2)ncn3C)cc1. The number of hydrogen-bond acceptors (Lipinski definition) is 3. The predicted octanol–water partition coefficient (Wildman–Crippen LogP) is 3.49. The molecule has 0 fully saturated rings. The van der Waals surface area contributed by atoms with Crippen molar-refractivity contribution in [1.29, 1.82) is 0 Å². The summed E-state index contributed by atoms with van der Waals surface area (Å²) in [5, 5.41) is 2.68. The quantitative estimate of drug-likeness (QED) is 0.782. The maximum absolute atomic E-state index is 11.8. The van der Waals surface area contributed by atoms with E-state index in [4.69, 9.17) is 4.74 Å². The number of aromatic nitrogens is 2. The van der Waals surface area contributed by atoms with E-state index in [2.05, 4.69) is 10.3 Å². The molecule has 0 radical (unpaired) electrons. The molecule has 0 bridgehead atoms. The number of carbonyl (C=O) groups is 1. The lowest BCUT2D eigenvalue weighted by Crippen LogP contribution is -2.16. The molecule has 0 saturated heterocycles. The van der Waals surface area contributed by atoms with Crippen molar-refractivity contribution in [3.05, 3.63) is 54.4 Å². The van der Waals surface area contributed by atoms with Crippen LogP contribution in [0, 0.1) is 6.92 Å². The van der Waals surface area contributed by atoms with Crippen LogP contribution < -0.4 is 10.1 Å². The molecule has 0 aliphatic rings. The van der Waals surface area contributed by atoms with Crippen molar-refractivity contribution in [3.63, 3.8) is 0 Å². The molecule has 106 valence electrons. The van der Waals surface area contributed by atoms with Gasteiger partial charge in [-0.3, -0.25) is 5.32 Å². The number of hydrogen-bond donors (Lipinski definition) is 1. The van der Waals surface area contributed by atoms with Crippen LogP contribution in [0.25, 0.3) is 11.0 Å². The number of nitrogens with zero attached hydrogens (tertiary/aromatic N) is 2. The minimum atomic E-state index is -0.519. The van der Waals surface area contributed by atoms with Gasteiger partial charge in [-0.2, -0.15) is 0 Å². The topological polar surface area (TPSA) is 56.1 Å². The average molecular weight is 281 g/mol. The molecular weight excluding hydrogens is 266 g/mol. The van der Waals surface area contributed by atoms with Crippen LogP contribution in [0.15, 0.2) is 48.8 Å². The summed E-state index contributed by atoms with van der Waals surface area (Å²) in [5.41, 5.74) is 3.61. The lowest BCUT2D eigenvalue weighted by molar-refractivity contribution is 0.215. The standard InChI is InChI=1S/C16H15N3O2/c1-11-3-5-12(6-4-11)18-16(20)21-13-7-8-15-14(9-13)17-10-19(15)2/h3-10H,1-2H3,(H,18,20). The Labute approximate surface area is 122 Å². The van der Waals surface area contributed by atoms with Crippen molar-refractivity contribution in [2.45, 2.75) is 6.92 Å². The highest BCUT2D eigenvalue weighted by Gasteiger charge is 2.07. The molecule has 0 spiro atoms. The van der Waals surface area contributed by atoms with Gasteiger partial charge in [-0.1, -0.05) is 17.7 Å². The largest absolute Gasteiger partial charge is 0.417 e. The first-order chi connectivity index (χ1) is 10.1. The van der Waals surface area contributed by atoms with Crippen molar-refractivity contribution in [1.82, 2.24) is 9.55 Å². The smallest absolute Gasteiger partial charge is 0.410 e. The Hall–Kier alpha value is -2.82. The summed E-state index contributed by atoms with van der Waals surface area (Å²) >= 11 is 0. The molecule has 1 amide bonds. The van der Waals surface area contributed by atoms with Gasteiger partial charge in [-0.25, -0.2) is 9.78 Å². The highest BCUT2D eigenvalue weighted by atomic mass is 16.6. The highest BCUT2D eigenvalue weighted by Crippen LogP contribution is 2.20. The molecule has 0 saturated carbocycles. The maximum Gasteiger partial charge on any atom is 0.417 e. The molecule has 3 aromatic rings. The first-order valence-electron chi connectivity index (χ1n) is 6.58. The lowest BCUT2D eigenvalue weighted by Gasteiger charge is -2.07. The number of imidazole rings is 1. The second kappa shape index (κ2) is 5.28. The van der Waals surface area contributed by atoms with Gasteiger partial charge in [0.1, 0.15) is 5.75 Å². The number of anilines is 1. The van der Waals surface area contributed by atoms with E-state index in [1.54, 1.807) is 18.5 Å². The average Bonchev–Trinajstić information content (AvgIpc) is 2.82. The molecule has 1 aromatic heterocycles. The van der Waals surface area contributed by atoms with Crippen molar-refractivity contribution < 1.29 is 9.53 Å². The van der Waals surface area contributed by atoms with Gasteiger partial charge in [0, 0.05) is 18.8 Å². The Morgan fingerprint density at radius 2 is 1.95 bits per heavy atom. The molecule has 5 nitrogen and oxygen atoms in total. The van der Waals surface area contributed by atoms with Crippen LogP contribution in [-0.4, -0.2) is 15.6 Å². The van der Waals surface area contributed by atoms with Crippen LogP contribution >= 0.6 is 0 Å². The first kappa shape index (κ1) is 13.2. The summed E-state index contributed by atoms with van der Waals surface area (Å²) in [6, 6.07) is 12.9. The molecule has 0 aliphatic heterocycles. The van der Waals surface area contributed by atoms with Crippen LogP contribution in [0.1, 0.15) is 5.56 Å². The summed E-state index contributed by atoms with van der Waals surface area (Å²) in [4.78, 5) is 16.1. The fourth-order valence-electron chi connectivity index (χ4n) is 2.07. The van der Waals surface area contributed by atoms with Gasteiger partial charge in [0.05, 0.1) is 17.4 Å². The van der Waals surface area contributed by atoms with Gasteiger partial charge < -0.3 is 9.30 Å². The second-order valence-corrected chi connectivity index (χ2v) is 4.89. The van der Waals surface area contributed by atoms with Gasteiger partial charge in [-0.05, 0) is 31.2 Å². The third-order valence-corrected chi connectivity index (χ3v) is 3.21. The van der Waals surface area contributed by atoms with Gasteiger partial charge in [0.15, 0.2) is 0 Å². The summed E-state index contributed by atoms with van der Waals surface area (Å²) in [6.45, 7) is 1.99. The summed E-state index contributed by atoms with van der Waals surface area (Å²) < 4.78 is 7.17. The number of ether oxygens (including phenoxy) is 1. The molecule has 0 aliphatic carbocycles. The van der Waals surface area contributed by atoms with E-state index in [1.807, 2.05) is 48.9 Å². The zero-order chi connectivity index (χ0) is 14.8. The minimum Gasteiger partial charge on any atom is -0.410 e. The van der Waals surface area contributed by atoms with Crippen molar-refractivity contribution >= 4 is 22.8 Å². The van der Waals surface area contributed by atoms with Crippen molar-refractivity contribution in [2.75, 3.05) is 5.32 Å². The molecule has 3 rings (SSSR count). The van der Waals surface area contributed by atoms with Crippen LogP contribution in [0.5, 0.6) is 5.75 Å². The van der Waals surface area contributed by atoms with Crippen LogP contribution in [-0.2, 0) is 7.05 Å². The fourth-order valence-corrected chi connectivity index (χ4v) is 2.07. The Kier molecular flexibility index (Phi) is 3.31. The molecular formula is C16H15N3O2. The molecule has 21 heavy (non-hydrogen) atoms. The number of carbonyl (C=O) groups excluding carboxylic acids is 1. The van der Waals surface area contributed by atoms with E-state index in [1.165, 1.54) is 0 Å². The molecule has 2 aromatic carbocycles. The third-order valence-electron chi connectivity index (χ3n) is 3.21. The molecule has 0 atom stereocenters. The van der Waals surface area contributed by atoms with E-state index >= 15 is 0 Å². The number of rotatable bonds is 2. The summed E-state index contributed by atoms with van der Waals surface area (Å²) in [5.74, 6) is 0.464. The monoisotopic (exact) mass is 281 g/mol. The molecule has 1 heterocycles. The first-order valence-corrected chi connectivity index (χ1v) is 6.58. The number of benzene rings is 2. The Balaban J connectivity index is 1.72. The van der Waals surface area contributed by atoms with E-state index in [0.29, 0.717) is 11.4 Å². The minimum absolute atomic E-state index is 0.464. The number of nitrogens with one attached hydrogen (secondary N) is 1. The van der Waals surface area contributed by atoms with Crippen LogP contribution in [0.4, 0.5) is 10.5 Å². The van der Waals surface area contributed by atoms with E-state index < -0.39 is 6.09 Å². The zero-order valence-corrected chi connectivity index (χ0v) is 11.8. The normalized spacial score (nSPS) is 10.6. The van der Waals surface area contributed by atoms with Gasteiger partial charge in [-0.15, -0.1) is 0 Å². The third kappa shape index (κ3) is 2.86. The van der Waals surface area contributed by atoms with Gasteiger partial charge >= 0.3 is 6.09 Å². The maximum atomic E-state index is 11.8. The van der Waals surface area contributed by atoms with Crippen molar-refractivity contribution in [3.8, 4) is 5.75 Å². The Bertz CT molecular complexity index is 791. The number of aryl methyl sites for hydroxylation is 2.